The largest absolute Gasteiger partial charge is 0.481 e. The topological polar surface area (TPSA) is 104 Å². The summed E-state index contributed by atoms with van der Waals surface area (Å²) in [4.78, 5) is 25.7. The molecule has 0 unspecified atom stereocenters. The lowest BCUT2D eigenvalue weighted by Gasteiger charge is -2.37. The fraction of sp³-hybridized carbons (Fsp3) is 0.529. The number of benzene rings is 1. The second kappa shape index (κ2) is 7.86. The van der Waals surface area contributed by atoms with Gasteiger partial charge in [0, 0.05) is 23.8 Å². The second-order valence-electron chi connectivity index (χ2n) is 6.33. The molecular formula is C17H24N2O5S. The van der Waals surface area contributed by atoms with Crippen LogP contribution in [0.4, 0.5) is 5.69 Å². The van der Waals surface area contributed by atoms with E-state index in [1.54, 1.807) is 36.9 Å². The van der Waals surface area contributed by atoms with Crippen molar-refractivity contribution in [3.63, 3.8) is 0 Å². The van der Waals surface area contributed by atoms with Crippen LogP contribution >= 0.6 is 0 Å². The fourth-order valence-corrected chi connectivity index (χ4v) is 4.27. The predicted octanol–water partition coefficient (Wildman–Crippen LogP) is 2.16. The molecule has 8 heteroatoms. The van der Waals surface area contributed by atoms with Crippen molar-refractivity contribution in [2.75, 3.05) is 17.0 Å². The highest BCUT2D eigenvalue weighted by Gasteiger charge is 2.35. The van der Waals surface area contributed by atoms with Gasteiger partial charge in [-0.3, -0.25) is 14.3 Å². The summed E-state index contributed by atoms with van der Waals surface area (Å²) < 4.78 is 26.2. The van der Waals surface area contributed by atoms with Gasteiger partial charge in [-0.15, -0.1) is 0 Å². The number of sulfonamides is 1. The minimum atomic E-state index is -3.44. The Morgan fingerprint density at radius 1 is 1.36 bits per heavy atom. The van der Waals surface area contributed by atoms with Crippen molar-refractivity contribution in [1.29, 1.82) is 0 Å². The molecule has 2 N–H and O–H groups in total. The van der Waals surface area contributed by atoms with Crippen LogP contribution in [0, 0.1) is 5.92 Å². The third-order valence-corrected chi connectivity index (χ3v) is 5.91. The quantitative estimate of drug-likeness (QED) is 0.801. The maximum Gasteiger partial charge on any atom is 0.308 e. The Morgan fingerprint density at radius 3 is 2.72 bits per heavy atom. The molecule has 1 heterocycles. The average Bonchev–Trinajstić information content (AvgIpc) is 2.53. The van der Waals surface area contributed by atoms with Gasteiger partial charge in [0.2, 0.25) is 10.0 Å². The number of carbonyl (C=O) groups is 2. The Morgan fingerprint density at radius 2 is 2.08 bits per heavy atom. The Labute approximate surface area is 148 Å². The smallest absolute Gasteiger partial charge is 0.308 e. The van der Waals surface area contributed by atoms with Crippen molar-refractivity contribution in [2.24, 2.45) is 5.92 Å². The molecule has 0 radical (unpaired) electrons. The summed E-state index contributed by atoms with van der Waals surface area (Å²) in [6.45, 7) is 4.01. The third-order valence-electron chi connectivity index (χ3n) is 4.42. The van der Waals surface area contributed by atoms with Gasteiger partial charge in [0.25, 0.3) is 5.91 Å². The first-order valence-corrected chi connectivity index (χ1v) is 10.0. The number of carboxylic acids is 1. The van der Waals surface area contributed by atoms with Crippen molar-refractivity contribution < 1.29 is 23.1 Å². The standard InChI is InChI=1S/C17H24N2O5S/c1-3-10-25(23,24)18-14-7-4-6-13(11-14)16(20)19-9-5-8-15(12(19)2)17(21)22/h4,6-7,11-12,15,18H,3,5,8-10H2,1-2H3,(H,21,22)/t12-,15-/m0/s1. The molecule has 1 amide bonds. The summed E-state index contributed by atoms with van der Waals surface area (Å²) in [6, 6.07) is 5.90. The van der Waals surface area contributed by atoms with E-state index in [0.717, 1.165) is 0 Å². The molecule has 0 saturated carbocycles. The molecule has 2 rings (SSSR count). The van der Waals surface area contributed by atoms with Crippen molar-refractivity contribution in [2.45, 2.75) is 39.2 Å². The number of likely N-dealkylation sites (tertiary alicyclic amines) is 1. The number of anilines is 1. The number of carboxylic acid groups (broad SMARTS) is 1. The first-order valence-electron chi connectivity index (χ1n) is 8.39. The van der Waals surface area contributed by atoms with Gasteiger partial charge < -0.3 is 10.0 Å². The van der Waals surface area contributed by atoms with Crippen molar-refractivity contribution in [3.05, 3.63) is 29.8 Å². The number of nitrogens with one attached hydrogen (secondary N) is 1. The maximum absolute atomic E-state index is 12.8. The molecule has 0 aromatic heterocycles. The predicted molar refractivity (Wildman–Crippen MR) is 95.0 cm³/mol. The molecule has 1 fully saturated rings. The SMILES string of the molecule is CCCS(=O)(=O)Nc1cccc(C(=O)N2CCC[C@H](C(=O)O)[C@@H]2C)c1. The minimum Gasteiger partial charge on any atom is -0.481 e. The molecule has 1 aliphatic rings. The van der Waals surface area contributed by atoms with Crippen LogP contribution in [0.5, 0.6) is 0 Å². The van der Waals surface area contributed by atoms with Crippen LogP contribution < -0.4 is 4.72 Å². The molecule has 0 aliphatic carbocycles. The van der Waals surface area contributed by atoms with E-state index < -0.39 is 28.0 Å². The Kier molecular flexibility index (Phi) is 6.05. The highest BCUT2D eigenvalue weighted by Crippen LogP contribution is 2.26. The van der Waals surface area contributed by atoms with E-state index >= 15 is 0 Å². The Balaban J connectivity index is 2.19. The van der Waals surface area contributed by atoms with Crippen LogP contribution in [0.25, 0.3) is 0 Å². The fourth-order valence-electron chi connectivity index (χ4n) is 3.14. The molecule has 1 aromatic rings. The van der Waals surface area contributed by atoms with Gasteiger partial charge in [-0.25, -0.2) is 8.42 Å². The van der Waals surface area contributed by atoms with Gasteiger partial charge in [0.1, 0.15) is 0 Å². The van der Waals surface area contributed by atoms with Gasteiger partial charge in [0.15, 0.2) is 0 Å². The van der Waals surface area contributed by atoms with Crippen LogP contribution in [0.3, 0.4) is 0 Å². The monoisotopic (exact) mass is 368 g/mol. The van der Waals surface area contributed by atoms with Crippen LogP contribution in [-0.4, -0.2) is 48.6 Å². The maximum atomic E-state index is 12.8. The van der Waals surface area contributed by atoms with E-state index in [4.69, 9.17) is 0 Å². The number of aliphatic carboxylic acids is 1. The van der Waals surface area contributed by atoms with E-state index in [-0.39, 0.29) is 11.7 Å². The highest BCUT2D eigenvalue weighted by molar-refractivity contribution is 7.92. The zero-order valence-electron chi connectivity index (χ0n) is 14.4. The van der Waals surface area contributed by atoms with E-state index in [1.807, 2.05) is 0 Å². The summed E-state index contributed by atoms with van der Waals surface area (Å²) in [5, 5.41) is 9.29. The first-order chi connectivity index (χ1) is 11.7. The van der Waals surface area contributed by atoms with Crippen molar-refractivity contribution in [3.8, 4) is 0 Å². The lowest BCUT2D eigenvalue weighted by atomic mass is 9.90. The molecule has 0 spiro atoms. The first kappa shape index (κ1) is 19.2. The average molecular weight is 368 g/mol. The van der Waals surface area contributed by atoms with Gasteiger partial charge in [0.05, 0.1) is 11.7 Å². The lowest BCUT2D eigenvalue weighted by Crippen LogP contribution is -2.49. The van der Waals surface area contributed by atoms with E-state index in [1.165, 1.54) is 6.07 Å². The normalized spacial score (nSPS) is 21.0. The van der Waals surface area contributed by atoms with E-state index in [9.17, 15) is 23.1 Å². The minimum absolute atomic E-state index is 0.00856. The van der Waals surface area contributed by atoms with Gasteiger partial charge in [-0.2, -0.15) is 0 Å². The lowest BCUT2D eigenvalue weighted by molar-refractivity contribution is -0.144. The van der Waals surface area contributed by atoms with Crippen LogP contribution in [0.2, 0.25) is 0 Å². The number of rotatable bonds is 6. The van der Waals surface area contributed by atoms with Crippen LogP contribution in [0.15, 0.2) is 24.3 Å². The van der Waals surface area contributed by atoms with E-state index in [2.05, 4.69) is 4.72 Å². The molecule has 1 saturated heterocycles. The summed E-state index contributed by atoms with van der Waals surface area (Å²) in [5.74, 6) is -1.75. The number of nitrogens with zero attached hydrogens (tertiary/aromatic N) is 1. The van der Waals surface area contributed by atoms with Crippen molar-refractivity contribution in [1.82, 2.24) is 4.90 Å². The zero-order valence-corrected chi connectivity index (χ0v) is 15.3. The molecule has 1 aromatic carbocycles. The molecule has 2 atom stereocenters. The van der Waals surface area contributed by atoms with E-state index in [0.29, 0.717) is 37.1 Å². The van der Waals surface area contributed by atoms with Gasteiger partial charge in [-0.1, -0.05) is 13.0 Å². The number of piperidine rings is 1. The van der Waals surface area contributed by atoms with Crippen LogP contribution in [0.1, 0.15) is 43.5 Å². The summed E-state index contributed by atoms with van der Waals surface area (Å²) in [5.41, 5.74) is 0.674. The van der Waals surface area contributed by atoms with Gasteiger partial charge in [-0.05, 0) is 44.4 Å². The number of carbonyl (C=O) groups excluding carboxylic acids is 1. The molecule has 7 nitrogen and oxygen atoms in total. The Hall–Kier alpha value is -2.09. The second-order valence-corrected chi connectivity index (χ2v) is 8.17. The summed E-state index contributed by atoms with van der Waals surface area (Å²) >= 11 is 0. The number of hydrogen-bond acceptors (Lipinski definition) is 4. The summed E-state index contributed by atoms with van der Waals surface area (Å²) in [7, 11) is -3.44. The zero-order chi connectivity index (χ0) is 18.6. The third kappa shape index (κ3) is 4.72. The molecular weight excluding hydrogens is 344 g/mol. The molecule has 1 aliphatic heterocycles. The Bertz CT molecular complexity index is 747. The summed E-state index contributed by atoms with van der Waals surface area (Å²) in [6.07, 6.45) is 1.68. The highest BCUT2D eigenvalue weighted by atomic mass is 32.2. The molecule has 0 bridgehead atoms. The number of hydrogen-bond donors (Lipinski definition) is 2. The number of amides is 1. The van der Waals surface area contributed by atoms with Gasteiger partial charge >= 0.3 is 5.97 Å². The van der Waals surface area contributed by atoms with Crippen molar-refractivity contribution >= 4 is 27.6 Å². The molecule has 138 valence electrons. The molecule has 25 heavy (non-hydrogen) atoms. The van der Waals surface area contributed by atoms with Crippen LogP contribution in [-0.2, 0) is 14.8 Å².